The Bertz CT molecular complexity index is 1420. The first-order valence-corrected chi connectivity index (χ1v) is 14.0. The van der Waals surface area contributed by atoms with Gasteiger partial charge in [-0.05, 0) is 62.4 Å². The maximum atomic E-state index is 13.7. The van der Waals surface area contributed by atoms with Crippen molar-refractivity contribution in [3.05, 3.63) is 53.5 Å². The first-order valence-electron chi connectivity index (χ1n) is 14.0. The SMILES string of the molecule is COc1cccc2[nH]c(C(=O)NC(CC(C)C)C(=O)NC(CC3CCNC3=O)C(C#N)NCc3ccc(C)[nH]3)cc12. The normalized spacial score (nSPS) is 17.1. The minimum atomic E-state index is -0.846. The summed E-state index contributed by atoms with van der Waals surface area (Å²) in [6.45, 7) is 6.85. The molecule has 1 aromatic carbocycles. The van der Waals surface area contributed by atoms with Crippen LogP contribution in [0.5, 0.6) is 5.75 Å². The van der Waals surface area contributed by atoms with Crippen LogP contribution < -0.4 is 26.0 Å². The lowest BCUT2D eigenvalue weighted by atomic mass is 9.93. The molecule has 0 radical (unpaired) electrons. The predicted molar refractivity (Wildman–Crippen MR) is 155 cm³/mol. The Hall–Kier alpha value is -4.30. The lowest BCUT2D eigenvalue weighted by molar-refractivity contribution is -0.126. The number of H-pyrrole nitrogens is 2. The van der Waals surface area contributed by atoms with Crippen LogP contribution in [0, 0.1) is 30.1 Å². The zero-order valence-corrected chi connectivity index (χ0v) is 24.0. The van der Waals surface area contributed by atoms with Crippen molar-refractivity contribution in [1.82, 2.24) is 31.2 Å². The van der Waals surface area contributed by atoms with Crippen molar-refractivity contribution in [3.8, 4) is 11.8 Å². The number of benzene rings is 1. The Morgan fingerprint density at radius 1 is 1.17 bits per heavy atom. The highest BCUT2D eigenvalue weighted by molar-refractivity contribution is 6.01. The molecule has 1 fully saturated rings. The van der Waals surface area contributed by atoms with Gasteiger partial charge in [0.25, 0.3) is 5.91 Å². The quantitative estimate of drug-likeness (QED) is 0.188. The van der Waals surface area contributed by atoms with E-state index < -0.39 is 29.9 Å². The zero-order valence-electron chi connectivity index (χ0n) is 24.0. The van der Waals surface area contributed by atoms with E-state index in [1.807, 2.05) is 51.1 Å². The van der Waals surface area contributed by atoms with E-state index in [0.29, 0.717) is 43.8 Å². The molecule has 218 valence electrons. The Balaban J connectivity index is 1.51. The van der Waals surface area contributed by atoms with E-state index in [-0.39, 0.29) is 17.7 Å². The molecule has 0 aliphatic carbocycles. The largest absolute Gasteiger partial charge is 0.496 e. The summed E-state index contributed by atoms with van der Waals surface area (Å²) >= 11 is 0. The number of methoxy groups -OCH3 is 1. The van der Waals surface area contributed by atoms with E-state index in [4.69, 9.17) is 4.74 Å². The number of fused-ring (bicyclic) bond motifs is 1. The molecule has 4 rings (SSSR count). The van der Waals surface area contributed by atoms with Crippen LogP contribution in [0.25, 0.3) is 10.9 Å². The van der Waals surface area contributed by atoms with Gasteiger partial charge in [-0.3, -0.25) is 19.7 Å². The predicted octanol–water partition coefficient (Wildman–Crippen LogP) is 2.65. The third kappa shape index (κ3) is 7.46. The number of carbonyl (C=O) groups excluding carboxylic acids is 3. The maximum absolute atomic E-state index is 13.7. The van der Waals surface area contributed by atoms with E-state index in [1.165, 1.54) is 0 Å². The van der Waals surface area contributed by atoms with Crippen molar-refractivity contribution in [2.24, 2.45) is 11.8 Å². The third-order valence-electron chi connectivity index (χ3n) is 7.39. The molecule has 3 heterocycles. The number of ether oxygens (including phenoxy) is 1. The number of amides is 3. The smallest absolute Gasteiger partial charge is 0.268 e. The van der Waals surface area contributed by atoms with E-state index in [2.05, 4.69) is 37.3 Å². The van der Waals surface area contributed by atoms with Crippen LogP contribution in [0.3, 0.4) is 0 Å². The number of carbonyl (C=O) groups is 3. The molecule has 3 amide bonds. The van der Waals surface area contributed by atoms with Gasteiger partial charge in [-0.25, -0.2) is 0 Å². The highest BCUT2D eigenvalue weighted by Gasteiger charge is 2.34. The average molecular weight is 562 g/mol. The van der Waals surface area contributed by atoms with Crippen LogP contribution in [-0.2, 0) is 16.1 Å². The Morgan fingerprint density at radius 2 is 1.98 bits per heavy atom. The number of aromatic nitrogens is 2. The number of nitriles is 1. The molecule has 0 saturated carbocycles. The van der Waals surface area contributed by atoms with Gasteiger partial charge < -0.3 is 30.7 Å². The van der Waals surface area contributed by atoms with Crippen molar-refractivity contribution >= 4 is 28.6 Å². The zero-order chi connectivity index (χ0) is 29.5. The summed E-state index contributed by atoms with van der Waals surface area (Å²) in [4.78, 5) is 45.7. The van der Waals surface area contributed by atoms with Crippen LogP contribution in [0.2, 0.25) is 0 Å². The molecule has 2 aromatic heterocycles. The standard InChI is InChI=1S/C30H39N7O4/c1-17(2)12-24(37-30(40)25-14-21-22(35-25)6-5-7-27(21)41-4)29(39)36-23(13-19-10-11-32-28(19)38)26(15-31)33-16-20-9-8-18(3)34-20/h5-9,14,17,19,23-24,26,33-35H,10-13,16H2,1-4H3,(H,32,38)(H,36,39)(H,37,40). The van der Waals surface area contributed by atoms with Gasteiger partial charge in [0.15, 0.2) is 0 Å². The molecule has 4 unspecified atom stereocenters. The summed E-state index contributed by atoms with van der Waals surface area (Å²) in [7, 11) is 1.57. The Morgan fingerprint density at radius 3 is 2.61 bits per heavy atom. The van der Waals surface area contributed by atoms with Gasteiger partial charge in [-0.2, -0.15) is 5.26 Å². The fraction of sp³-hybridized carbons (Fsp3) is 0.467. The molecule has 0 bridgehead atoms. The summed E-state index contributed by atoms with van der Waals surface area (Å²) in [6.07, 6.45) is 1.33. The first kappa shape index (κ1) is 29.7. The number of aromatic amines is 2. The number of rotatable bonds is 13. The fourth-order valence-corrected chi connectivity index (χ4v) is 5.27. The molecule has 6 N–H and O–H groups in total. The summed E-state index contributed by atoms with van der Waals surface area (Å²) in [6, 6.07) is 11.1. The second kappa shape index (κ2) is 13.4. The van der Waals surface area contributed by atoms with Crippen LogP contribution in [-0.4, -0.2) is 59.5 Å². The van der Waals surface area contributed by atoms with Crippen molar-refractivity contribution < 1.29 is 19.1 Å². The first-order chi connectivity index (χ1) is 19.7. The van der Waals surface area contributed by atoms with Crippen LogP contribution in [0.4, 0.5) is 0 Å². The van der Waals surface area contributed by atoms with Crippen molar-refractivity contribution in [3.63, 3.8) is 0 Å². The van der Waals surface area contributed by atoms with Crippen LogP contribution in [0.1, 0.15) is 55.0 Å². The molecule has 11 heteroatoms. The number of aryl methyl sites for hydroxylation is 1. The van der Waals surface area contributed by atoms with Crippen LogP contribution >= 0.6 is 0 Å². The molecule has 1 saturated heterocycles. The number of hydrogen-bond acceptors (Lipinski definition) is 6. The van der Waals surface area contributed by atoms with Crippen molar-refractivity contribution in [2.75, 3.05) is 13.7 Å². The van der Waals surface area contributed by atoms with E-state index in [0.717, 1.165) is 22.3 Å². The Labute approximate surface area is 239 Å². The summed E-state index contributed by atoms with van der Waals surface area (Å²) in [5.41, 5.74) is 2.97. The molecular formula is C30H39N7O4. The molecular weight excluding hydrogens is 522 g/mol. The summed E-state index contributed by atoms with van der Waals surface area (Å²) < 4.78 is 5.40. The number of hydrogen-bond donors (Lipinski definition) is 6. The van der Waals surface area contributed by atoms with E-state index >= 15 is 0 Å². The number of nitrogens with one attached hydrogen (secondary N) is 6. The molecule has 4 atom stereocenters. The minimum Gasteiger partial charge on any atom is -0.496 e. The summed E-state index contributed by atoms with van der Waals surface area (Å²) in [5.74, 6) is -0.478. The molecule has 41 heavy (non-hydrogen) atoms. The van der Waals surface area contributed by atoms with Gasteiger partial charge in [0.2, 0.25) is 11.8 Å². The monoisotopic (exact) mass is 561 g/mol. The van der Waals surface area contributed by atoms with Gasteiger partial charge in [-0.15, -0.1) is 0 Å². The lowest BCUT2D eigenvalue weighted by Gasteiger charge is -2.28. The average Bonchev–Trinajstić information content (AvgIpc) is 3.67. The van der Waals surface area contributed by atoms with E-state index in [1.54, 1.807) is 13.2 Å². The minimum absolute atomic E-state index is 0.0813. The molecule has 11 nitrogen and oxygen atoms in total. The van der Waals surface area contributed by atoms with Gasteiger partial charge in [0.1, 0.15) is 23.5 Å². The molecule has 3 aromatic rings. The third-order valence-corrected chi connectivity index (χ3v) is 7.39. The second-order valence-corrected chi connectivity index (χ2v) is 11.0. The fourth-order valence-electron chi connectivity index (χ4n) is 5.27. The second-order valence-electron chi connectivity index (χ2n) is 11.0. The van der Waals surface area contributed by atoms with Gasteiger partial charge in [0.05, 0.1) is 19.2 Å². The highest BCUT2D eigenvalue weighted by atomic mass is 16.5. The molecule has 1 aliphatic heterocycles. The van der Waals surface area contributed by atoms with Crippen molar-refractivity contribution in [2.45, 2.75) is 64.7 Å². The molecule has 1 aliphatic rings. The summed E-state index contributed by atoms with van der Waals surface area (Å²) in [5, 5.41) is 22.8. The lowest BCUT2D eigenvalue weighted by Crippen LogP contribution is -2.56. The maximum Gasteiger partial charge on any atom is 0.268 e. The highest BCUT2D eigenvalue weighted by Crippen LogP contribution is 2.26. The van der Waals surface area contributed by atoms with E-state index in [9.17, 15) is 19.6 Å². The number of nitrogens with zero attached hydrogens (tertiary/aromatic N) is 1. The van der Waals surface area contributed by atoms with Crippen molar-refractivity contribution in [1.29, 1.82) is 5.26 Å². The Kier molecular flexibility index (Phi) is 9.68. The topological polar surface area (TPSA) is 164 Å². The molecule has 0 spiro atoms. The van der Waals surface area contributed by atoms with Gasteiger partial charge >= 0.3 is 0 Å². The van der Waals surface area contributed by atoms with Gasteiger partial charge in [-0.1, -0.05) is 19.9 Å². The van der Waals surface area contributed by atoms with Crippen LogP contribution in [0.15, 0.2) is 36.4 Å². The van der Waals surface area contributed by atoms with Gasteiger partial charge in [0, 0.05) is 41.3 Å².